The molecule has 0 spiro atoms. The fourth-order valence-electron chi connectivity index (χ4n) is 2.29. The number of aliphatic hydroxyl groups is 1. The normalized spacial score (nSPS) is 14.3. The largest absolute Gasteiger partial charge is 0.466 e. The van der Waals surface area contributed by atoms with Gasteiger partial charge in [0.25, 0.3) is 0 Å². The molecule has 1 heterocycles. The summed E-state index contributed by atoms with van der Waals surface area (Å²) in [4.78, 5) is 6.60. The van der Waals surface area contributed by atoms with Crippen molar-refractivity contribution in [1.82, 2.24) is 10.2 Å². The monoisotopic (exact) mass is 315 g/mol. The number of nitrogens with zero attached hydrogens (tertiary/aromatic N) is 2. The average Bonchev–Trinajstić information content (AvgIpc) is 3.07. The van der Waals surface area contributed by atoms with Crippen molar-refractivity contribution in [3.63, 3.8) is 0 Å². The second-order valence-corrected chi connectivity index (χ2v) is 5.76. The van der Waals surface area contributed by atoms with Gasteiger partial charge >= 0.3 is 0 Å². The van der Waals surface area contributed by atoms with Crippen LogP contribution in [-0.4, -0.2) is 36.1 Å². The van der Waals surface area contributed by atoms with Gasteiger partial charge < -0.3 is 19.7 Å². The summed E-state index contributed by atoms with van der Waals surface area (Å²) < 4.78 is 5.29. The molecular formula is C18H25N3O2. The number of nitrogens with one attached hydrogen (secondary N) is 1. The van der Waals surface area contributed by atoms with Gasteiger partial charge in [-0.25, -0.2) is 4.99 Å². The summed E-state index contributed by atoms with van der Waals surface area (Å²) in [5, 5.41) is 13.8. The summed E-state index contributed by atoms with van der Waals surface area (Å²) in [7, 11) is 1.98. The Labute approximate surface area is 137 Å². The first kappa shape index (κ1) is 17.1. The summed E-state index contributed by atoms with van der Waals surface area (Å²) in [6.07, 6.45) is 1.56. The Morgan fingerprint density at radius 2 is 2.00 bits per heavy atom. The molecule has 1 aromatic carbocycles. The highest BCUT2D eigenvalue weighted by molar-refractivity contribution is 5.79. The number of benzene rings is 1. The number of rotatable bonds is 6. The zero-order valence-corrected chi connectivity index (χ0v) is 14.0. The zero-order chi connectivity index (χ0) is 16.7. The van der Waals surface area contributed by atoms with Crippen LogP contribution in [-0.2, 0) is 12.1 Å². The van der Waals surface area contributed by atoms with Crippen molar-refractivity contribution >= 4 is 5.96 Å². The highest BCUT2D eigenvalue weighted by Gasteiger charge is 2.26. The first-order valence-corrected chi connectivity index (χ1v) is 7.82. The van der Waals surface area contributed by atoms with E-state index in [9.17, 15) is 5.11 Å². The molecule has 1 atom stereocenters. The molecule has 2 rings (SSSR count). The second-order valence-electron chi connectivity index (χ2n) is 5.76. The maximum atomic E-state index is 10.5. The SMILES string of the molecule is CCNC(=NCC(C)(O)c1ccco1)N(C)Cc1ccccc1. The minimum Gasteiger partial charge on any atom is -0.466 e. The number of aliphatic imine (C=N–C) groups is 1. The van der Waals surface area contributed by atoms with Crippen LogP contribution in [0.25, 0.3) is 0 Å². The van der Waals surface area contributed by atoms with E-state index >= 15 is 0 Å². The zero-order valence-electron chi connectivity index (χ0n) is 14.0. The Hall–Kier alpha value is -2.27. The van der Waals surface area contributed by atoms with E-state index in [0.29, 0.717) is 5.76 Å². The summed E-state index contributed by atoms with van der Waals surface area (Å²) in [5.41, 5.74) is 0.0796. The Balaban J connectivity index is 2.07. The van der Waals surface area contributed by atoms with Gasteiger partial charge in [-0.3, -0.25) is 0 Å². The Bertz CT molecular complexity index is 606. The summed E-state index contributed by atoms with van der Waals surface area (Å²) in [5.74, 6) is 1.27. The van der Waals surface area contributed by atoms with Gasteiger partial charge in [0.15, 0.2) is 5.96 Å². The van der Waals surface area contributed by atoms with Crippen molar-refractivity contribution in [3.8, 4) is 0 Å². The summed E-state index contributed by atoms with van der Waals surface area (Å²) in [6.45, 7) is 5.46. The molecule has 0 saturated heterocycles. The van der Waals surface area contributed by atoms with Crippen molar-refractivity contribution in [3.05, 3.63) is 60.1 Å². The van der Waals surface area contributed by atoms with Gasteiger partial charge in [-0.05, 0) is 31.5 Å². The molecule has 0 aliphatic carbocycles. The third-order valence-electron chi connectivity index (χ3n) is 3.55. The van der Waals surface area contributed by atoms with Gasteiger partial charge in [0, 0.05) is 20.1 Å². The lowest BCUT2D eigenvalue weighted by Crippen LogP contribution is -2.39. The molecule has 5 nitrogen and oxygen atoms in total. The van der Waals surface area contributed by atoms with Crippen LogP contribution in [0, 0.1) is 0 Å². The number of hydrogen-bond donors (Lipinski definition) is 2. The van der Waals surface area contributed by atoms with Crippen LogP contribution < -0.4 is 5.32 Å². The molecule has 0 saturated carbocycles. The molecule has 5 heteroatoms. The number of hydrogen-bond acceptors (Lipinski definition) is 3. The van der Waals surface area contributed by atoms with Crippen LogP contribution >= 0.6 is 0 Å². The van der Waals surface area contributed by atoms with E-state index in [0.717, 1.165) is 19.0 Å². The Morgan fingerprint density at radius 1 is 1.26 bits per heavy atom. The Kier molecular flexibility index (Phi) is 5.82. The minimum atomic E-state index is -1.13. The van der Waals surface area contributed by atoms with E-state index < -0.39 is 5.60 Å². The van der Waals surface area contributed by atoms with E-state index in [-0.39, 0.29) is 6.54 Å². The van der Waals surface area contributed by atoms with E-state index in [2.05, 4.69) is 22.4 Å². The molecule has 2 aromatic rings. The highest BCUT2D eigenvalue weighted by Crippen LogP contribution is 2.21. The molecule has 23 heavy (non-hydrogen) atoms. The fraction of sp³-hybridized carbons (Fsp3) is 0.389. The lowest BCUT2D eigenvalue weighted by molar-refractivity contribution is 0.0435. The molecular weight excluding hydrogens is 290 g/mol. The smallest absolute Gasteiger partial charge is 0.194 e. The van der Waals surface area contributed by atoms with Crippen LogP contribution in [0.1, 0.15) is 25.2 Å². The van der Waals surface area contributed by atoms with Gasteiger partial charge in [0.2, 0.25) is 0 Å². The summed E-state index contributed by atoms with van der Waals surface area (Å²) >= 11 is 0. The van der Waals surface area contributed by atoms with Gasteiger partial charge in [-0.2, -0.15) is 0 Å². The lowest BCUT2D eigenvalue weighted by atomic mass is 10.0. The first-order chi connectivity index (χ1) is 11.0. The van der Waals surface area contributed by atoms with Gasteiger partial charge in [-0.1, -0.05) is 30.3 Å². The highest BCUT2D eigenvalue weighted by atomic mass is 16.4. The van der Waals surface area contributed by atoms with E-state index in [1.54, 1.807) is 25.3 Å². The third kappa shape index (κ3) is 4.86. The van der Waals surface area contributed by atoms with Gasteiger partial charge in [0.1, 0.15) is 11.4 Å². The third-order valence-corrected chi connectivity index (χ3v) is 3.55. The van der Waals surface area contributed by atoms with E-state index in [4.69, 9.17) is 4.42 Å². The van der Waals surface area contributed by atoms with Gasteiger partial charge in [-0.15, -0.1) is 0 Å². The molecule has 0 aliphatic heterocycles. The number of guanidine groups is 1. The molecule has 1 unspecified atom stereocenters. The lowest BCUT2D eigenvalue weighted by Gasteiger charge is -2.24. The molecule has 0 amide bonds. The maximum Gasteiger partial charge on any atom is 0.194 e. The van der Waals surface area contributed by atoms with Gasteiger partial charge in [0.05, 0.1) is 12.8 Å². The summed E-state index contributed by atoms with van der Waals surface area (Å²) in [6, 6.07) is 13.7. The quantitative estimate of drug-likeness (QED) is 0.635. The number of furan rings is 1. The van der Waals surface area contributed by atoms with Crippen molar-refractivity contribution in [1.29, 1.82) is 0 Å². The molecule has 0 bridgehead atoms. The predicted molar refractivity (Wildman–Crippen MR) is 92.2 cm³/mol. The van der Waals surface area contributed by atoms with Crippen molar-refractivity contribution in [2.24, 2.45) is 4.99 Å². The maximum absolute atomic E-state index is 10.5. The first-order valence-electron chi connectivity index (χ1n) is 7.82. The molecule has 0 fully saturated rings. The molecule has 0 radical (unpaired) electrons. The van der Waals surface area contributed by atoms with Crippen LogP contribution in [0.3, 0.4) is 0 Å². The van der Waals surface area contributed by atoms with Crippen molar-refractivity contribution in [2.45, 2.75) is 26.0 Å². The Morgan fingerprint density at radius 3 is 2.61 bits per heavy atom. The average molecular weight is 315 g/mol. The van der Waals surface area contributed by atoms with Crippen molar-refractivity contribution in [2.75, 3.05) is 20.1 Å². The topological polar surface area (TPSA) is 61.0 Å². The van der Waals surface area contributed by atoms with E-state index in [1.165, 1.54) is 5.56 Å². The van der Waals surface area contributed by atoms with Crippen LogP contribution in [0.2, 0.25) is 0 Å². The standard InChI is InChI=1S/C18H25N3O2/c1-4-19-17(21(3)13-15-9-6-5-7-10-15)20-14-18(2,22)16-11-8-12-23-16/h5-12,22H,4,13-14H2,1-3H3,(H,19,20). The molecule has 1 aromatic heterocycles. The fourth-order valence-corrected chi connectivity index (χ4v) is 2.29. The van der Waals surface area contributed by atoms with Crippen LogP contribution in [0.4, 0.5) is 0 Å². The van der Waals surface area contributed by atoms with Crippen LogP contribution in [0.15, 0.2) is 58.1 Å². The van der Waals surface area contributed by atoms with E-state index in [1.807, 2.05) is 37.1 Å². The molecule has 124 valence electrons. The second kappa shape index (κ2) is 7.83. The minimum absolute atomic E-state index is 0.224. The van der Waals surface area contributed by atoms with Crippen LogP contribution in [0.5, 0.6) is 0 Å². The predicted octanol–water partition coefficient (Wildman–Crippen LogP) is 2.58. The van der Waals surface area contributed by atoms with Crippen molar-refractivity contribution < 1.29 is 9.52 Å². The molecule has 0 aliphatic rings. The molecule has 2 N–H and O–H groups in total.